The van der Waals surface area contributed by atoms with Crippen molar-refractivity contribution < 1.29 is 0 Å². The van der Waals surface area contributed by atoms with Gasteiger partial charge in [0.15, 0.2) is 0 Å². The van der Waals surface area contributed by atoms with Crippen LogP contribution in [0.15, 0.2) is 48.8 Å². The smallest absolute Gasteiger partial charge is 0.0487 e. The Labute approximate surface area is 115 Å². The summed E-state index contributed by atoms with van der Waals surface area (Å²) in [7, 11) is 0. The highest BCUT2D eigenvalue weighted by molar-refractivity contribution is 5.65. The molecule has 0 radical (unpaired) electrons. The number of benzene rings is 1. The van der Waals surface area contributed by atoms with Crippen LogP contribution in [0.4, 0.5) is 11.4 Å². The highest BCUT2D eigenvalue weighted by Crippen LogP contribution is 2.28. The molecule has 19 heavy (non-hydrogen) atoms. The number of pyridine rings is 1. The van der Waals surface area contributed by atoms with Crippen molar-refractivity contribution in [1.29, 1.82) is 0 Å². The van der Waals surface area contributed by atoms with Crippen LogP contribution < -0.4 is 10.6 Å². The Bertz CT molecular complexity index is 496. The first kappa shape index (κ1) is 13.6. The predicted molar refractivity (Wildman–Crippen MR) is 80.5 cm³/mol. The van der Waals surface area contributed by atoms with Crippen molar-refractivity contribution in [3.05, 3.63) is 54.4 Å². The number of anilines is 2. The van der Waals surface area contributed by atoms with Gasteiger partial charge in [0, 0.05) is 42.4 Å². The van der Waals surface area contributed by atoms with E-state index in [1.165, 1.54) is 12.1 Å². The highest BCUT2D eigenvalue weighted by Gasteiger charge is 2.11. The topological polar surface area (TPSA) is 42.2 Å². The summed E-state index contributed by atoms with van der Waals surface area (Å²) in [4.78, 5) is 6.49. The van der Waals surface area contributed by atoms with Crippen LogP contribution in [0, 0.1) is 0 Å². The molecule has 2 rings (SSSR count). The molecule has 0 aliphatic heterocycles. The van der Waals surface area contributed by atoms with Gasteiger partial charge in [0.25, 0.3) is 0 Å². The van der Waals surface area contributed by atoms with Crippen LogP contribution in [-0.4, -0.2) is 11.5 Å². The molecule has 0 saturated heterocycles. The minimum Gasteiger partial charge on any atom is -0.341 e. The molecule has 0 amide bonds. The minimum atomic E-state index is 0.513. The van der Waals surface area contributed by atoms with E-state index in [0.717, 1.165) is 24.2 Å². The Morgan fingerprint density at radius 2 is 1.95 bits per heavy atom. The fourth-order valence-corrected chi connectivity index (χ4v) is 2.15. The standard InChI is InChI=1S/C16H21N3/c1-2-3-11-19(15-7-5-4-6-8-15)16-9-10-18-13-14(16)12-17/h4-10,13H,2-3,11-12,17H2,1H3. The van der Waals surface area contributed by atoms with Crippen molar-refractivity contribution >= 4 is 11.4 Å². The van der Waals surface area contributed by atoms with Gasteiger partial charge in [0.1, 0.15) is 0 Å². The molecule has 2 N–H and O–H groups in total. The molecule has 1 aromatic heterocycles. The number of nitrogens with zero attached hydrogens (tertiary/aromatic N) is 2. The molecule has 0 spiro atoms. The van der Waals surface area contributed by atoms with Gasteiger partial charge < -0.3 is 10.6 Å². The summed E-state index contributed by atoms with van der Waals surface area (Å²) in [6.07, 6.45) is 6.02. The van der Waals surface area contributed by atoms with E-state index in [9.17, 15) is 0 Å². The van der Waals surface area contributed by atoms with Gasteiger partial charge in [-0.2, -0.15) is 0 Å². The summed E-state index contributed by atoms with van der Waals surface area (Å²) in [5.74, 6) is 0. The van der Waals surface area contributed by atoms with Gasteiger partial charge in [0.05, 0.1) is 0 Å². The van der Waals surface area contributed by atoms with Gasteiger partial charge in [-0.15, -0.1) is 0 Å². The van der Waals surface area contributed by atoms with Crippen molar-refractivity contribution in [1.82, 2.24) is 4.98 Å². The van der Waals surface area contributed by atoms with Crippen molar-refractivity contribution in [2.24, 2.45) is 5.73 Å². The van der Waals surface area contributed by atoms with Gasteiger partial charge in [-0.25, -0.2) is 0 Å². The Hall–Kier alpha value is -1.87. The van der Waals surface area contributed by atoms with Crippen LogP contribution in [0.5, 0.6) is 0 Å². The maximum Gasteiger partial charge on any atom is 0.0487 e. The second-order valence-electron chi connectivity index (χ2n) is 4.55. The van der Waals surface area contributed by atoms with E-state index in [0.29, 0.717) is 6.54 Å². The van der Waals surface area contributed by atoms with Crippen LogP contribution in [0.2, 0.25) is 0 Å². The summed E-state index contributed by atoms with van der Waals surface area (Å²) in [6.45, 7) is 3.72. The maximum absolute atomic E-state index is 5.83. The molecular formula is C16H21N3. The van der Waals surface area contributed by atoms with Crippen molar-refractivity contribution in [3.63, 3.8) is 0 Å². The lowest BCUT2D eigenvalue weighted by Crippen LogP contribution is -2.20. The molecule has 2 aromatic rings. The van der Waals surface area contributed by atoms with E-state index < -0.39 is 0 Å². The van der Waals surface area contributed by atoms with Crippen LogP contribution in [0.3, 0.4) is 0 Å². The molecule has 3 heteroatoms. The number of nitrogens with two attached hydrogens (primary N) is 1. The molecule has 0 unspecified atom stereocenters. The average Bonchev–Trinajstić information content (AvgIpc) is 2.49. The van der Waals surface area contributed by atoms with Crippen LogP contribution >= 0.6 is 0 Å². The van der Waals surface area contributed by atoms with Crippen LogP contribution in [0.25, 0.3) is 0 Å². The van der Waals surface area contributed by atoms with E-state index >= 15 is 0 Å². The van der Waals surface area contributed by atoms with E-state index in [2.05, 4.69) is 41.1 Å². The molecule has 1 heterocycles. The van der Waals surface area contributed by atoms with Crippen LogP contribution in [-0.2, 0) is 6.54 Å². The summed E-state index contributed by atoms with van der Waals surface area (Å²) in [5.41, 5.74) is 9.28. The van der Waals surface area contributed by atoms with E-state index in [1.54, 1.807) is 0 Å². The molecule has 0 aliphatic rings. The normalized spacial score (nSPS) is 10.4. The molecule has 0 aliphatic carbocycles. The molecule has 100 valence electrons. The first-order valence-electron chi connectivity index (χ1n) is 6.82. The largest absolute Gasteiger partial charge is 0.341 e. The summed E-state index contributed by atoms with van der Waals surface area (Å²) >= 11 is 0. The monoisotopic (exact) mass is 255 g/mol. The Morgan fingerprint density at radius 1 is 1.16 bits per heavy atom. The lowest BCUT2D eigenvalue weighted by molar-refractivity contribution is 0.782. The molecule has 0 saturated carbocycles. The van der Waals surface area contributed by atoms with E-state index in [-0.39, 0.29) is 0 Å². The minimum absolute atomic E-state index is 0.513. The zero-order chi connectivity index (χ0) is 13.5. The van der Waals surface area contributed by atoms with Crippen molar-refractivity contribution in [2.45, 2.75) is 26.3 Å². The summed E-state index contributed by atoms with van der Waals surface area (Å²) < 4.78 is 0. The van der Waals surface area contributed by atoms with Crippen molar-refractivity contribution in [2.75, 3.05) is 11.4 Å². The first-order valence-corrected chi connectivity index (χ1v) is 6.82. The molecule has 3 nitrogen and oxygen atoms in total. The van der Waals surface area contributed by atoms with Crippen molar-refractivity contribution in [3.8, 4) is 0 Å². The summed E-state index contributed by atoms with van der Waals surface area (Å²) in [5, 5.41) is 0. The average molecular weight is 255 g/mol. The van der Waals surface area contributed by atoms with Gasteiger partial charge in [-0.1, -0.05) is 31.5 Å². The predicted octanol–water partition coefficient (Wildman–Crippen LogP) is 3.48. The summed E-state index contributed by atoms with van der Waals surface area (Å²) in [6, 6.07) is 12.5. The van der Waals surface area contributed by atoms with Crippen LogP contribution in [0.1, 0.15) is 25.3 Å². The lowest BCUT2D eigenvalue weighted by atomic mass is 10.1. The molecule has 0 bridgehead atoms. The third kappa shape index (κ3) is 3.32. The SMILES string of the molecule is CCCCN(c1ccccc1)c1ccncc1CN. The third-order valence-electron chi connectivity index (χ3n) is 3.19. The van der Waals surface area contributed by atoms with Gasteiger partial charge >= 0.3 is 0 Å². The number of hydrogen-bond acceptors (Lipinski definition) is 3. The number of aromatic nitrogens is 1. The Balaban J connectivity index is 2.37. The Morgan fingerprint density at radius 3 is 2.63 bits per heavy atom. The zero-order valence-electron chi connectivity index (χ0n) is 11.4. The van der Waals surface area contributed by atoms with Gasteiger partial charge in [-0.05, 0) is 24.6 Å². The van der Waals surface area contributed by atoms with E-state index in [1.807, 2.05) is 24.5 Å². The maximum atomic E-state index is 5.83. The van der Waals surface area contributed by atoms with E-state index in [4.69, 9.17) is 5.73 Å². The quantitative estimate of drug-likeness (QED) is 0.859. The molecule has 0 atom stereocenters. The highest BCUT2D eigenvalue weighted by atomic mass is 15.1. The second kappa shape index (κ2) is 6.90. The molecule has 1 aromatic carbocycles. The fraction of sp³-hybridized carbons (Fsp3) is 0.312. The first-order chi connectivity index (χ1) is 9.36. The second-order valence-corrected chi connectivity index (χ2v) is 4.55. The van der Waals surface area contributed by atoms with Gasteiger partial charge in [-0.3, -0.25) is 4.98 Å². The lowest BCUT2D eigenvalue weighted by Gasteiger charge is -2.26. The number of para-hydroxylation sites is 1. The number of rotatable bonds is 6. The zero-order valence-corrected chi connectivity index (χ0v) is 11.4. The fourth-order valence-electron chi connectivity index (χ4n) is 2.15. The third-order valence-corrected chi connectivity index (χ3v) is 3.19. The number of hydrogen-bond donors (Lipinski definition) is 1. The molecule has 0 fully saturated rings. The van der Waals surface area contributed by atoms with Gasteiger partial charge in [0.2, 0.25) is 0 Å². The molecular weight excluding hydrogens is 234 g/mol. The Kier molecular flexibility index (Phi) is 4.93. The number of unbranched alkanes of at least 4 members (excludes halogenated alkanes) is 1.